The molecule has 6 nitrogen and oxygen atoms in total. The van der Waals surface area contributed by atoms with Crippen molar-refractivity contribution in [3.8, 4) is 6.07 Å². The summed E-state index contributed by atoms with van der Waals surface area (Å²) in [6.45, 7) is 0. The van der Waals surface area contributed by atoms with E-state index in [4.69, 9.17) is 10.4 Å². The molecule has 2 aromatic carbocycles. The predicted molar refractivity (Wildman–Crippen MR) is 75.3 cm³/mol. The molecule has 0 atom stereocenters. The van der Waals surface area contributed by atoms with E-state index in [1.807, 2.05) is 0 Å². The van der Waals surface area contributed by atoms with E-state index in [1.54, 1.807) is 24.3 Å². The third-order valence-electron chi connectivity index (χ3n) is 2.62. The molecule has 0 unspecified atom stereocenters. The fourth-order valence-corrected chi connectivity index (χ4v) is 2.47. The molecule has 0 saturated carbocycles. The predicted octanol–water partition coefficient (Wildman–Crippen LogP) is 3.32. The number of carbonyl (C=O) groups is 1. The summed E-state index contributed by atoms with van der Waals surface area (Å²) in [5.74, 6) is -1.01. The Bertz CT molecular complexity index is 751. The van der Waals surface area contributed by atoms with E-state index in [0.29, 0.717) is 4.90 Å². The Labute approximate surface area is 123 Å². The van der Waals surface area contributed by atoms with Crippen LogP contribution in [0.15, 0.2) is 52.3 Å². The molecule has 0 amide bonds. The van der Waals surface area contributed by atoms with Gasteiger partial charge in [-0.1, -0.05) is 11.8 Å². The molecule has 2 rings (SSSR count). The number of nitro groups is 1. The van der Waals surface area contributed by atoms with Crippen LogP contribution in [0.1, 0.15) is 15.9 Å². The van der Waals surface area contributed by atoms with E-state index in [2.05, 4.69) is 0 Å². The summed E-state index contributed by atoms with van der Waals surface area (Å²) in [6.07, 6.45) is 0. The normalized spacial score (nSPS) is 9.86. The first-order chi connectivity index (χ1) is 10.0. The SMILES string of the molecule is N#Cc1ccc(Sc2ccc(C(=O)O)cc2)cc1[N+](=O)[O-]. The molecule has 0 aliphatic rings. The second-order valence-electron chi connectivity index (χ2n) is 3.98. The number of nitriles is 1. The van der Waals surface area contributed by atoms with Crippen molar-refractivity contribution >= 4 is 23.4 Å². The van der Waals surface area contributed by atoms with E-state index >= 15 is 0 Å². The Balaban J connectivity index is 2.27. The zero-order valence-corrected chi connectivity index (χ0v) is 11.3. The molecule has 0 spiro atoms. The van der Waals surface area contributed by atoms with Crippen LogP contribution in [0, 0.1) is 21.4 Å². The van der Waals surface area contributed by atoms with Gasteiger partial charge in [-0.2, -0.15) is 5.26 Å². The van der Waals surface area contributed by atoms with Gasteiger partial charge in [0, 0.05) is 15.9 Å². The number of rotatable bonds is 4. The molecule has 0 radical (unpaired) electrons. The third-order valence-corrected chi connectivity index (χ3v) is 3.62. The van der Waals surface area contributed by atoms with Crippen molar-refractivity contribution in [1.82, 2.24) is 0 Å². The molecule has 1 N–H and O–H groups in total. The number of carboxylic acid groups (broad SMARTS) is 1. The number of nitrogens with zero attached hydrogens (tertiary/aromatic N) is 2. The minimum atomic E-state index is -1.01. The van der Waals surface area contributed by atoms with Gasteiger partial charge in [0.25, 0.3) is 5.69 Å². The maximum atomic E-state index is 10.9. The maximum absolute atomic E-state index is 10.9. The topological polar surface area (TPSA) is 104 Å². The van der Waals surface area contributed by atoms with Crippen molar-refractivity contribution in [2.45, 2.75) is 9.79 Å². The Morgan fingerprint density at radius 1 is 1.19 bits per heavy atom. The summed E-state index contributed by atoms with van der Waals surface area (Å²) in [7, 11) is 0. The van der Waals surface area contributed by atoms with Gasteiger partial charge in [-0.15, -0.1) is 0 Å². The van der Waals surface area contributed by atoms with Crippen LogP contribution < -0.4 is 0 Å². The lowest BCUT2D eigenvalue weighted by atomic mass is 10.2. The van der Waals surface area contributed by atoms with Crippen LogP contribution in [-0.4, -0.2) is 16.0 Å². The van der Waals surface area contributed by atoms with Crippen molar-refractivity contribution in [3.63, 3.8) is 0 Å². The Morgan fingerprint density at radius 2 is 1.81 bits per heavy atom. The number of hydrogen-bond donors (Lipinski definition) is 1. The average Bonchev–Trinajstić information content (AvgIpc) is 2.47. The quantitative estimate of drug-likeness (QED) is 0.686. The zero-order valence-electron chi connectivity index (χ0n) is 10.5. The second-order valence-corrected chi connectivity index (χ2v) is 5.13. The first kappa shape index (κ1) is 14.6. The van der Waals surface area contributed by atoms with Gasteiger partial charge in [-0.25, -0.2) is 4.79 Å². The highest BCUT2D eigenvalue weighted by molar-refractivity contribution is 7.99. The maximum Gasteiger partial charge on any atom is 0.335 e. The summed E-state index contributed by atoms with van der Waals surface area (Å²) < 4.78 is 0. The van der Waals surface area contributed by atoms with Gasteiger partial charge in [0.1, 0.15) is 11.6 Å². The zero-order chi connectivity index (χ0) is 15.4. The highest BCUT2D eigenvalue weighted by Crippen LogP contribution is 2.31. The molecular formula is C14H8N2O4S. The highest BCUT2D eigenvalue weighted by atomic mass is 32.2. The van der Waals surface area contributed by atoms with Crippen molar-refractivity contribution in [3.05, 3.63) is 63.7 Å². The van der Waals surface area contributed by atoms with Gasteiger partial charge in [0.2, 0.25) is 0 Å². The van der Waals surface area contributed by atoms with E-state index in [0.717, 1.165) is 4.90 Å². The fraction of sp³-hybridized carbons (Fsp3) is 0. The standard InChI is InChI=1S/C14H8N2O4S/c15-8-10-3-6-12(7-13(10)16(19)20)21-11-4-1-9(2-5-11)14(17)18/h1-7H,(H,17,18). The molecule has 21 heavy (non-hydrogen) atoms. The fourth-order valence-electron chi connectivity index (χ4n) is 1.62. The third kappa shape index (κ3) is 3.38. The van der Waals surface area contributed by atoms with Crippen molar-refractivity contribution in [2.75, 3.05) is 0 Å². The Morgan fingerprint density at radius 3 is 2.33 bits per heavy atom. The van der Waals surface area contributed by atoms with E-state index < -0.39 is 10.9 Å². The number of nitro benzene ring substituents is 1. The lowest BCUT2D eigenvalue weighted by Gasteiger charge is -2.03. The van der Waals surface area contributed by atoms with E-state index in [1.165, 1.54) is 36.0 Å². The van der Waals surface area contributed by atoms with Crippen molar-refractivity contribution < 1.29 is 14.8 Å². The molecule has 104 valence electrons. The van der Waals surface area contributed by atoms with Gasteiger partial charge in [-0.3, -0.25) is 10.1 Å². The van der Waals surface area contributed by atoms with E-state index in [9.17, 15) is 14.9 Å². The molecule has 7 heteroatoms. The van der Waals surface area contributed by atoms with Crippen LogP contribution in [0.25, 0.3) is 0 Å². The molecule has 0 heterocycles. The van der Waals surface area contributed by atoms with Crippen LogP contribution in [0.4, 0.5) is 5.69 Å². The van der Waals surface area contributed by atoms with Crippen LogP contribution >= 0.6 is 11.8 Å². The van der Waals surface area contributed by atoms with Gasteiger partial charge in [0.15, 0.2) is 0 Å². The van der Waals surface area contributed by atoms with Gasteiger partial charge < -0.3 is 5.11 Å². The van der Waals surface area contributed by atoms with Gasteiger partial charge >= 0.3 is 5.97 Å². The monoisotopic (exact) mass is 300 g/mol. The molecule has 0 bridgehead atoms. The van der Waals surface area contributed by atoms with E-state index in [-0.39, 0.29) is 16.8 Å². The summed E-state index contributed by atoms with van der Waals surface area (Å²) in [6, 6.07) is 12.3. The summed E-state index contributed by atoms with van der Waals surface area (Å²) in [5.41, 5.74) is -0.0691. The summed E-state index contributed by atoms with van der Waals surface area (Å²) in [5, 5.41) is 28.5. The minimum Gasteiger partial charge on any atom is -0.478 e. The average molecular weight is 300 g/mol. The van der Waals surface area contributed by atoms with Gasteiger partial charge in [0.05, 0.1) is 10.5 Å². The second kappa shape index (κ2) is 6.07. The molecule has 0 fully saturated rings. The highest BCUT2D eigenvalue weighted by Gasteiger charge is 2.14. The molecule has 0 aliphatic carbocycles. The Hall–Kier alpha value is -2.85. The number of benzene rings is 2. The van der Waals surface area contributed by atoms with Gasteiger partial charge in [-0.05, 0) is 36.4 Å². The van der Waals surface area contributed by atoms with Crippen molar-refractivity contribution in [1.29, 1.82) is 5.26 Å². The largest absolute Gasteiger partial charge is 0.478 e. The number of aromatic carboxylic acids is 1. The minimum absolute atomic E-state index is 0.00516. The molecule has 2 aromatic rings. The van der Waals surface area contributed by atoms with Crippen LogP contribution in [0.2, 0.25) is 0 Å². The van der Waals surface area contributed by atoms with Crippen LogP contribution in [0.3, 0.4) is 0 Å². The van der Waals surface area contributed by atoms with Crippen LogP contribution in [-0.2, 0) is 0 Å². The molecule has 0 aromatic heterocycles. The molecular weight excluding hydrogens is 292 g/mol. The lowest BCUT2D eigenvalue weighted by Crippen LogP contribution is -1.94. The Kier molecular flexibility index (Phi) is 4.21. The first-order valence-electron chi connectivity index (χ1n) is 5.71. The first-order valence-corrected chi connectivity index (χ1v) is 6.52. The van der Waals surface area contributed by atoms with Crippen molar-refractivity contribution in [2.24, 2.45) is 0 Å². The lowest BCUT2D eigenvalue weighted by molar-refractivity contribution is -0.385. The number of hydrogen-bond acceptors (Lipinski definition) is 5. The van der Waals surface area contributed by atoms with Crippen LogP contribution in [0.5, 0.6) is 0 Å². The molecule has 0 saturated heterocycles. The smallest absolute Gasteiger partial charge is 0.335 e. The molecule has 0 aliphatic heterocycles. The number of carboxylic acids is 1. The summed E-state index contributed by atoms with van der Waals surface area (Å²) >= 11 is 1.25. The summed E-state index contributed by atoms with van der Waals surface area (Å²) in [4.78, 5) is 22.4.